The van der Waals surface area contributed by atoms with Crippen molar-refractivity contribution >= 4 is 15.9 Å². The van der Waals surface area contributed by atoms with Crippen molar-refractivity contribution in [2.45, 2.75) is 25.4 Å². The van der Waals surface area contributed by atoms with Gasteiger partial charge in [-0.3, -0.25) is 0 Å². The maximum Gasteiger partial charge on any atom is 0.122 e. The van der Waals surface area contributed by atoms with Gasteiger partial charge >= 0.3 is 0 Å². The fourth-order valence-electron chi connectivity index (χ4n) is 1.48. The van der Waals surface area contributed by atoms with Crippen LogP contribution in [0.4, 0.5) is 0 Å². The van der Waals surface area contributed by atoms with Gasteiger partial charge in [0.15, 0.2) is 0 Å². The van der Waals surface area contributed by atoms with Gasteiger partial charge in [0, 0.05) is 10.0 Å². The molecule has 0 radical (unpaired) electrons. The summed E-state index contributed by atoms with van der Waals surface area (Å²) in [6, 6.07) is 3.46. The number of phenols is 1. The first-order chi connectivity index (χ1) is 6.04. The summed E-state index contributed by atoms with van der Waals surface area (Å²) in [6.07, 6.45) is 1.48. The normalized spacial score (nSPS) is 18.7. The third-order valence-electron chi connectivity index (χ3n) is 2.50. The first kappa shape index (κ1) is 9.03. The summed E-state index contributed by atoms with van der Waals surface area (Å²) in [4.78, 5) is 0. The standard InChI is InChI=1S/C10H11BrO2/c1-6-2-3-7(12)8(9(6)11)10(13)4-5-10/h2-3,12-13H,4-5H2,1H3. The molecule has 1 saturated carbocycles. The highest BCUT2D eigenvalue weighted by Crippen LogP contribution is 2.51. The van der Waals surface area contributed by atoms with Crippen molar-refractivity contribution in [3.05, 3.63) is 27.7 Å². The molecule has 0 aromatic heterocycles. The van der Waals surface area contributed by atoms with Crippen molar-refractivity contribution in [3.63, 3.8) is 0 Å². The topological polar surface area (TPSA) is 40.5 Å². The monoisotopic (exact) mass is 242 g/mol. The van der Waals surface area contributed by atoms with E-state index in [1.807, 2.05) is 13.0 Å². The van der Waals surface area contributed by atoms with Crippen LogP contribution < -0.4 is 0 Å². The summed E-state index contributed by atoms with van der Waals surface area (Å²) in [6.45, 7) is 1.94. The number of aromatic hydroxyl groups is 1. The summed E-state index contributed by atoms with van der Waals surface area (Å²) in [5.74, 6) is 0.178. The van der Waals surface area contributed by atoms with E-state index in [9.17, 15) is 10.2 Å². The van der Waals surface area contributed by atoms with Gasteiger partial charge in [0.25, 0.3) is 0 Å². The van der Waals surface area contributed by atoms with Crippen molar-refractivity contribution in [2.24, 2.45) is 0 Å². The van der Waals surface area contributed by atoms with Gasteiger partial charge in [0.05, 0.1) is 5.60 Å². The number of rotatable bonds is 1. The molecule has 0 heterocycles. The lowest BCUT2D eigenvalue weighted by atomic mass is 10.0. The Morgan fingerprint density at radius 1 is 1.38 bits per heavy atom. The molecule has 1 aromatic rings. The number of hydrogen-bond acceptors (Lipinski definition) is 2. The SMILES string of the molecule is Cc1ccc(O)c(C2(O)CC2)c1Br. The molecule has 0 saturated heterocycles. The average Bonchev–Trinajstić information content (AvgIpc) is 2.78. The van der Waals surface area contributed by atoms with Crippen LogP contribution in [-0.4, -0.2) is 10.2 Å². The average molecular weight is 243 g/mol. The molecule has 70 valence electrons. The van der Waals surface area contributed by atoms with Crippen molar-refractivity contribution in [2.75, 3.05) is 0 Å². The molecule has 3 heteroatoms. The van der Waals surface area contributed by atoms with E-state index in [1.165, 1.54) is 0 Å². The zero-order valence-corrected chi connectivity index (χ0v) is 8.93. The molecule has 0 aliphatic heterocycles. The predicted molar refractivity (Wildman–Crippen MR) is 53.7 cm³/mol. The zero-order valence-electron chi connectivity index (χ0n) is 7.34. The number of halogens is 1. The fraction of sp³-hybridized carbons (Fsp3) is 0.400. The molecule has 1 aliphatic rings. The summed E-state index contributed by atoms with van der Waals surface area (Å²) < 4.78 is 0.826. The van der Waals surface area contributed by atoms with Gasteiger partial charge in [-0.25, -0.2) is 0 Å². The predicted octanol–water partition coefficient (Wildman–Crippen LogP) is 2.44. The van der Waals surface area contributed by atoms with Crippen LogP contribution in [0.3, 0.4) is 0 Å². The lowest BCUT2D eigenvalue weighted by Crippen LogP contribution is -2.06. The molecule has 0 spiro atoms. The second-order valence-electron chi connectivity index (χ2n) is 3.62. The Labute approximate surface area is 85.3 Å². The molecule has 0 unspecified atom stereocenters. The fourth-order valence-corrected chi connectivity index (χ4v) is 2.19. The van der Waals surface area contributed by atoms with E-state index in [4.69, 9.17) is 0 Å². The summed E-state index contributed by atoms with van der Waals surface area (Å²) in [5.41, 5.74) is 0.898. The van der Waals surface area contributed by atoms with Crippen LogP contribution in [0.15, 0.2) is 16.6 Å². The molecule has 2 rings (SSSR count). The van der Waals surface area contributed by atoms with Crippen LogP contribution >= 0.6 is 15.9 Å². The molecule has 1 fully saturated rings. The molecule has 2 N–H and O–H groups in total. The Bertz CT molecular complexity index is 356. The molecule has 0 amide bonds. The van der Waals surface area contributed by atoms with Gasteiger partial charge in [-0.05, 0) is 47.3 Å². The maximum atomic E-state index is 9.90. The lowest BCUT2D eigenvalue weighted by molar-refractivity contribution is 0.147. The van der Waals surface area contributed by atoms with E-state index in [2.05, 4.69) is 15.9 Å². The van der Waals surface area contributed by atoms with Crippen molar-refractivity contribution in [3.8, 4) is 5.75 Å². The van der Waals surface area contributed by atoms with Gasteiger partial charge in [-0.1, -0.05) is 6.07 Å². The number of benzene rings is 1. The van der Waals surface area contributed by atoms with Crippen LogP contribution in [0.25, 0.3) is 0 Å². The Balaban J connectivity index is 2.61. The van der Waals surface area contributed by atoms with Crippen molar-refractivity contribution in [1.82, 2.24) is 0 Å². The quantitative estimate of drug-likeness (QED) is 0.795. The van der Waals surface area contributed by atoms with E-state index >= 15 is 0 Å². The van der Waals surface area contributed by atoms with Crippen molar-refractivity contribution < 1.29 is 10.2 Å². The molecule has 1 aromatic carbocycles. The molecular formula is C10H11BrO2. The minimum absolute atomic E-state index is 0.178. The van der Waals surface area contributed by atoms with E-state index in [0.29, 0.717) is 5.56 Å². The van der Waals surface area contributed by atoms with Crippen LogP contribution in [-0.2, 0) is 5.60 Å². The first-order valence-corrected chi connectivity index (χ1v) is 5.05. The third kappa shape index (κ3) is 1.36. The highest BCUT2D eigenvalue weighted by atomic mass is 79.9. The van der Waals surface area contributed by atoms with Crippen molar-refractivity contribution in [1.29, 1.82) is 0 Å². The zero-order chi connectivity index (χ0) is 9.64. The van der Waals surface area contributed by atoms with Crippen LogP contribution in [0, 0.1) is 6.92 Å². The smallest absolute Gasteiger partial charge is 0.122 e. The third-order valence-corrected chi connectivity index (χ3v) is 3.52. The minimum Gasteiger partial charge on any atom is -0.508 e. The maximum absolute atomic E-state index is 9.90. The first-order valence-electron chi connectivity index (χ1n) is 4.25. The highest BCUT2D eigenvalue weighted by Gasteiger charge is 2.45. The molecular weight excluding hydrogens is 232 g/mol. The number of hydrogen-bond donors (Lipinski definition) is 2. The number of aryl methyl sites for hydroxylation is 1. The number of phenolic OH excluding ortho intramolecular Hbond substituents is 1. The largest absolute Gasteiger partial charge is 0.508 e. The molecule has 0 atom stereocenters. The Morgan fingerprint density at radius 3 is 2.54 bits per heavy atom. The lowest BCUT2D eigenvalue weighted by Gasteiger charge is -2.14. The molecule has 0 bridgehead atoms. The summed E-state index contributed by atoms with van der Waals surface area (Å²) >= 11 is 3.39. The summed E-state index contributed by atoms with van der Waals surface area (Å²) in [7, 11) is 0. The van der Waals surface area contributed by atoms with Gasteiger partial charge in [-0.15, -0.1) is 0 Å². The van der Waals surface area contributed by atoms with Gasteiger partial charge in [0.2, 0.25) is 0 Å². The van der Waals surface area contributed by atoms with E-state index in [0.717, 1.165) is 22.9 Å². The van der Waals surface area contributed by atoms with Gasteiger partial charge in [-0.2, -0.15) is 0 Å². The van der Waals surface area contributed by atoms with E-state index in [-0.39, 0.29) is 5.75 Å². The second kappa shape index (κ2) is 2.72. The van der Waals surface area contributed by atoms with Crippen LogP contribution in [0.5, 0.6) is 5.75 Å². The Morgan fingerprint density at radius 2 is 2.00 bits per heavy atom. The van der Waals surface area contributed by atoms with E-state index in [1.54, 1.807) is 6.07 Å². The Kier molecular flexibility index (Phi) is 1.89. The molecule has 1 aliphatic carbocycles. The number of aliphatic hydroxyl groups is 1. The molecule has 13 heavy (non-hydrogen) atoms. The van der Waals surface area contributed by atoms with Gasteiger partial charge < -0.3 is 10.2 Å². The summed E-state index contributed by atoms with van der Waals surface area (Å²) in [5, 5.41) is 19.5. The highest BCUT2D eigenvalue weighted by molar-refractivity contribution is 9.10. The Hall–Kier alpha value is -0.540. The van der Waals surface area contributed by atoms with Crippen LogP contribution in [0.2, 0.25) is 0 Å². The van der Waals surface area contributed by atoms with Gasteiger partial charge in [0.1, 0.15) is 5.75 Å². The van der Waals surface area contributed by atoms with Crippen LogP contribution in [0.1, 0.15) is 24.0 Å². The second-order valence-corrected chi connectivity index (χ2v) is 4.42. The molecule has 2 nitrogen and oxygen atoms in total. The minimum atomic E-state index is -0.783. The van der Waals surface area contributed by atoms with E-state index < -0.39 is 5.60 Å².